The van der Waals surface area contributed by atoms with Crippen LogP contribution in [0, 0.1) is 24.0 Å². The van der Waals surface area contributed by atoms with Gasteiger partial charge in [-0.2, -0.15) is 9.97 Å². The number of rotatable bonds is 5. The van der Waals surface area contributed by atoms with Crippen molar-refractivity contribution < 1.29 is 31.4 Å². The van der Waals surface area contributed by atoms with E-state index in [1.807, 2.05) is 0 Å². The summed E-state index contributed by atoms with van der Waals surface area (Å²) in [4.78, 5) is 17.1. The average molecular weight is 624 g/mol. The van der Waals surface area contributed by atoms with Gasteiger partial charge in [0, 0.05) is 43.2 Å². The van der Waals surface area contributed by atoms with Gasteiger partial charge in [-0.1, -0.05) is 12.0 Å². The van der Waals surface area contributed by atoms with E-state index in [1.165, 1.54) is 30.5 Å². The first-order chi connectivity index (χ1) is 21.1. The van der Waals surface area contributed by atoms with Crippen LogP contribution in [0.25, 0.3) is 32.9 Å². The third kappa shape index (κ3) is 4.77. The summed E-state index contributed by atoms with van der Waals surface area (Å²) in [5.41, 5.74) is -0.930. The van der Waals surface area contributed by atoms with Gasteiger partial charge in [-0.25, -0.2) is 21.6 Å². The van der Waals surface area contributed by atoms with E-state index < -0.39 is 33.2 Å². The van der Waals surface area contributed by atoms with Gasteiger partial charge in [-0.05, 0) is 43.0 Å². The van der Waals surface area contributed by atoms with E-state index in [9.17, 15) is 22.3 Å². The van der Waals surface area contributed by atoms with E-state index >= 15 is 4.39 Å². The number of aromatic hydroxyl groups is 1. The van der Waals surface area contributed by atoms with Gasteiger partial charge in [-0.3, -0.25) is 9.88 Å². The van der Waals surface area contributed by atoms with E-state index in [2.05, 4.69) is 25.8 Å². The lowest BCUT2D eigenvalue weighted by Crippen LogP contribution is -2.43. The third-order valence-corrected chi connectivity index (χ3v) is 10.6. The standard InChI is InChI=1S/C31H28F3N5O4S/c1-2-21-24(33)5-4-18-12-20(40)13-22(25(18)21)27-26(34)28-23(15-35-27)29(38-8-10-44(41,42)11-9-38)37-30(36-28)43-17-31-6-3-7-39(31)16-19(32)14-31/h1,4-5,12-13,15,19,40H,3,6-11,14,16-17H2. The number of benzene rings is 2. The number of ether oxygens (including phenoxy) is 1. The maximum absolute atomic E-state index is 16.6. The van der Waals surface area contributed by atoms with Crippen LogP contribution in [0.5, 0.6) is 11.8 Å². The van der Waals surface area contributed by atoms with Crippen LogP contribution in [0.3, 0.4) is 0 Å². The molecule has 3 aliphatic heterocycles. The highest BCUT2D eigenvalue weighted by molar-refractivity contribution is 7.91. The lowest BCUT2D eigenvalue weighted by molar-refractivity contribution is 0.107. The lowest BCUT2D eigenvalue weighted by atomic mass is 9.95. The summed E-state index contributed by atoms with van der Waals surface area (Å²) in [6.45, 7) is 1.45. The Kier molecular flexibility index (Phi) is 6.82. The van der Waals surface area contributed by atoms with Gasteiger partial charge in [0.25, 0.3) is 0 Å². The number of halogens is 3. The first kappa shape index (κ1) is 28.6. The quantitative estimate of drug-likeness (QED) is 0.330. The number of hydrogen-bond donors (Lipinski definition) is 1. The molecule has 2 aromatic heterocycles. The van der Waals surface area contributed by atoms with Gasteiger partial charge in [-0.15, -0.1) is 6.42 Å². The Hall–Kier alpha value is -4.15. The van der Waals surface area contributed by atoms with Crippen molar-refractivity contribution in [2.75, 3.05) is 49.2 Å². The molecule has 0 amide bonds. The number of fused-ring (bicyclic) bond motifs is 3. The predicted octanol–water partition coefficient (Wildman–Crippen LogP) is 4.00. The fraction of sp³-hybridized carbons (Fsp3) is 0.387. The minimum absolute atomic E-state index is 0.0685. The Labute approximate surface area is 251 Å². The van der Waals surface area contributed by atoms with Crippen molar-refractivity contribution in [2.24, 2.45) is 0 Å². The van der Waals surface area contributed by atoms with Crippen LogP contribution in [0.1, 0.15) is 24.8 Å². The average Bonchev–Trinajstić information content (AvgIpc) is 3.51. The number of pyridine rings is 1. The molecule has 7 rings (SSSR count). The maximum atomic E-state index is 16.6. The van der Waals surface area contributed by atoms with E-state index in [-0.39, 0.29) is 81.9 Å². The summed E-state index contributed by atoms with van der Waals surface area (Å²) in [5.74, 6) is 0.597. The van der Waals surface area contributed by atoms with Crippen LogP contribution in [-0.2, 0) is 9.84 Å². The molecule has 13 heteroatoms. The second-order valence-corrected chi connectivity index (χ2v) is 14.0. The Balaban J connectivity index is 1.38. The molecule has 228 valence electrons. The van der Waals surface area contributed by atoms with E-state index in [0.717, 1.165) is 19.4 Å². The normalized spacial score (nSPS) is 23.2. The van der Waals surface area contributed by atoms with Crippen LogP contribution in [-0.4, -0.2) is 89.4 Å². The summed E-state index contributed by atoms with van der Waals surface area (Å²) in [6, 6.07) is 5.12. The summed E-state index contributed by atoms with van der Waals surface area (Å²) < 4.78 is 76.1. The molecule has 2 aromatic carbocycles. The fourth-order valence-corrected chi connectivity index (χ4v) is 8.04. The molecule has 3 fully saturated rings. The van der Waals surface area contributed by atoms with Crippen molar-refractivity contribution in [2.45, 2.75) is 31.0 Å². The smallest absolute Gasteiger partial charge is 0.319 e. The van der Waals surface area contributed by atoms with Gasteiger partial charge in [0.2, 0.25) is 0 Å². The predicted molar refractivity (Wildman–Crippen MR) is 159 cm³/mol. The van der Waals surface area contributed by atoms with Gasteiger partial charge in [0.15, 0.2) is 15.7 Å². The van der Waals surface area contributed by atoms with Crippen molar-refractivity contribution in [1.29, 1.82) is 0 Å². The first-order valence-electron chi connectivity index (χ1n) is 14.3. The van der Waals surface area contributed by atoms with Crippen LogP contribution in [0.2, 0.25) is 0 Å². The number of anilines is 1. The molecule has 9 nitrogen and oxygen atoms in total. The van der Waals surface area contributed by atoms with E-state index in [0.29, 0.717) is 18.4 Å². The summed E-state index contributed by atoms with van der Waals surface area (Å²) in [7, 11) is -3.23. The van der Waals surface area contributed by atoms with E-state index in [4.69, 9.17) is 11.2 Å². The number of alkyl halides is 1. The van der Waals surface area contributed by atoms with Gasteiger partial charge in [0.05, 0.1) is 28.0 Å². The molecular formula is C31H28F3N5O4S. The molecule has 3 aliphatic rings. The monoisotopic (exact) mass is 623 g/mol. The highest BCUT2D eigenvalue weighted by atomic mass is 32.2. The largest absolute Gasteiger partial charge is 0.508 e. The van der Waals surface area contributed by atoms with Crippen molar-refractivity contribution in [3.63, 3.8) is 0 Å². The Morgan fingerprint density at radius 3 is 2.73 bits per heavy atom. The van der Waals surface area contributed by atoms with Crippen LogP contribution < -0.4 is 9.64 Å². The summed E-state index contributed by atoms with van der Waals surface area (Å²) in [5, 5.41) is 11.3. The molecule has 1 N–H and O–H groups in total. The molecule has 2 unspecified atom stereocenters. The van der Waals surface area contributed by atoms with Gasteiger partial charge in [0.1, 0.15) is 41.4 Å². The first-order valence-corrected chi connectivity index (χ1v) is 16.2. The zero-order chi connectivity index (χ0) is 30.8. The third-order valence-electron chi connectivity index (χ3n) is 8.97. The number of phenolic OH excluding ortho intramolecular Hbond substituents is 1. The Bertz CT molecular complexity index is 1970. The number of terminal acetylenes is 1. The topological polar surface area (TPSA) is 109 Å². The fourth-order valence-electron chi connectivity index (χ4n) is 6.84. The number of aromatic nitrogens is 3. The van der Waals surface area contributed by atoms with Gasteiger partial charge >= 0.3 is 6.01 Å². The minimum Gasteiger partial charge on any atom is -0.508 e. The number of hydrogen-bond acceptors (Lipinski definition) is 9. The Morgan fingerprint density at radius 1 is 1.16 bits per heavy atom. The van der Waals surface area contributed by atoms with Crippen LogP contribution >= 0.6 is 0 Å². The summed E-state index contributed by atoms with van der Waals surface area (Å²) >= 11 is 0. The zero-order valence-corrected chi connectivity index (χ0v) is 24.4. The van der Waals surface area contributed by atoms with Gasteiger partial charge < -0.3 is 14.7 Å². The number of sulfone groups is 1. The summed E-state index contributed by atoms with van der Waals surface area (Å²) in [6.07, 6.45) is 7.99. The molecule has 0 aliphatic carbocycles. The highest BCUT2D eigenvalue weighted by Crippen LogP contribution is 2.41. The van der Waals surface area contributed by atoms with Crippen molar-refractivity contribution in [1.82, 2.24) is 19.9 Å². The maximum Gasteiger partial charge on any atom is 0.319 e. The minimum atomic E-state index is -3.23. The number of nitrogens with zero attached hydrogens (tertiary/aromatic N) is 5. The Morgan fingerprint density at radius 2 is 1.95 bits per heavy atom. The molecule has 0 saturated carbocycles. The van der Waals surface area contributed by atoms with Crippen molar-refractivity contribution in [3.8, 4) is 35.4 Å². The second-order valence-electron chi connectivity index (χ2n) is 11.7. The van der Waals surface area contributed by atoms with Crippen molar-refractivity contribution >= 4 is 37.3 Å². The van der Waals surface area contributed by atoms with Crippen molar-refractivity contribution in [3.05, 3.63) is 47.7 Å². The molecule has 0 bridgehead atoms. The molecule has 3 saturated heterocycles. The van der Waals surface area contributed by atoms with Crippen LogP contribution in [0.4, 0.5) is 19.0 Å². The molecule has 0 radical (unpaired) electrons. The molecular weight excluding hydrogens is 595 g/mol. The molecule has 0 spiro atoms. The number of phenols is 1. The SMILES string of the molecule is C#Cc1c(F)ccc2cc(O)cc(-c3ncc4c(N5CCS(=O)(=O)CC5)nc(OCC56CCCN5CC(F)C6)nc4c3F)c12. The highest BCUT2D eigenvalue weighted by Gasteiger charge is 2.49. The van der Waals surface area contributed by atoms with E-state index in [1.54, 1.807) is 4.90 Å². The molecule has 44 heavy (non-hydrogen) atoms. The molecule has 4 aromatic rings. The van der Waals surface area contributed by atoms with Crippen LogP contribution in [0.15, 0.2) is 30.5 Å². The lowest BCUT2D eigenvalue weighted by Gasteiger charge is -2.31. The second kappa shape index (κ2) is 10.5. The molecule has 2 atom stereocenters. The zero-order valence-electron chi connectivity index (χ0n) is 23.6. The molecule has 5 heterocycles.